The molecule has 3 atom stereocenters. The third-order valence-corrected chi connectivity index (χ3v) is 5.75. The van der Waals surface area contributed by atoms with Crippen LogP contribution in [0.3, 0.4) is 0 Å². The minimum Gasteiger partial charge on any atom is -0.465 e. The van der Waals surface area contributed by atoms with E-state index in [0.717, 1.165) is 12.8 Å². The number of unbranched alkanes of at least 4 members (excludes halogenated alkanes) is 7. The van der Waals surface area contributed by atoms with Crippen LogP contribution < -0.4 is 0 Å². The number of aliphatic hydroxyl groups excluding tert-OH is 2. The average Bonchev–Trinajstić information content (AvgIpc) is 2.63. The van der Waals surface area contributed by atoms with Crippen LogP contribution >= 0.6 is 0 Å². The summed E-state index contributed by atoms with van der Waals surface area (Å²) < 4.78 is 4.94. The van der Waals surface area contributed by atoms with Crippen LogP contribution in [-0.4, -0.2) is 35.5 Å². The second-order valence-corrected chi connectivity index (χ2v) is 10.4. The molecule has 0 aromatic heterocycles. The van der Waals surface area contributed by atoms with E-state index >= 15 is 0 Å². The predicted octanol–water partition coefficient (Wildman–Crippen LogP) is 6.27. The first-order chi connectivity index (χ1) is 13.6. The van der Waals surface area contributed by atoms with Crippen LogP contribution in [-0.2, 0) is 9.53 Å². The molecule has 2 unspecified atom stereocenters. The van der Waals surface area contributed by atoms with Gasteiger partial charge in [-0.05, 0) is 37.0 Å². The van der Waals surface area contributed by atoms with Gasteiger partial charge in [-0.1, -0.05) is 85.5 Å². The summed E-state index contributed by atoms with van der Waals surface area (Å²) >= 11 is 0. The van der Waals surface area contributed by atoms with Crippen LogP contribution in [0.5, 0.6) is 0 Å². The lowest BCUT2D eigenvalue weighted by Crippen LogP contribution is -2.22. The first-order valence-corrected chi connectivity index (χ1v) is 12.1. The Morgan fingerprint density at radius 1 is 0.897 bits per heavy atom. The van der Waals surface area contributed by atoms with E-state index in [0.29, 0.717) is 17.8 Å². The van der Waals surface area contributed by atoms with Gasteiger partial charge in [0.05, 0.1) is 12.7 Å². The number of rotatable bonds is 18. The Kier molecular flexibility index (Phi) is 16.7. The minimum absolute atomic E-state index is 0.0590. The van der Waals surface area contributed by atoms with Gasteiger partial charge in [-0.2, -0.15) is 0 Å². The fourth-order valence-corrected chi connectivity index (χ4v) is 3.76. The van der Waals surface area contributed by atoms with Gasteiger partial charge in [-0.15, -0.1) is 0 Å². The second-order valence-electron chi connectivity index (χ2n) is 10.4. The van der Waals surface area contributed by atoms with Crippen molar-refractivity contribution in [2.24, 2.45) is 17.3 Å². The van der Waals surface area contributed by atoms with Crippen molar-refractivity contribution in [3.05, 3.63) is 0 Å². The van der Waals surface area contributed by atoms with E-state index in [-0.39, 0.29) is 25.1 Å². The highest BCUT2D eigenvalue weighted by atomic mass is 16.5. The normalized spacial score (nSPS) is 15.1. The third kappa shape index (κ3) is 20.4. The molecule has 4 heteroatoms. The molecular weight excluding hydrogens is 364 g/mol. The number of aliphatic hydroxyl groups is 2. The van der Waals surface area contributed by atoms with Crippen molar-refractivity contribution in [1.82, 2.24) is 0 Å². The number of ether oxygens (including phenoxy) is 1. The Morgan fingerprint density at radius 3 is 1.97 bits per heavy atom. The monoisotopic (exact) mass is 414 g/mol. The summed E-state index contributed by atoms with van der Waals surface area (Å²) in [5, 5.41) is 19.5. The Morgan fingerprint density at radius 2 is 1.45 bits per heavy atom. The van der Waals surface area contributed by atoms with Crippen LogP contribution in [0.2, 0.25) is 0 Å². The van der Waals surface area contributed by atoms with Crippen LogP contribution in [0.4, 0.5) is 0 Å². The van der Waals surface area contributed by atoms with Crippen molar-refractivity contribution >= 4 is 5.97 Å². The molecule has 0 spiro atoms. The Balaban J connectivity index is 3.57. The Bertz CT molecular complexity index is 389. The predicted molar refractivity (Wildman–Crippen MR) is 122 cm³/mol. The van der Waals surface area contributed by atoms with Gasteiger partial charge in [-0.25, -0.2) is 0 Å². The highest BCUT2D eigenvalue weighted by Gasteiger charge is 2.16. The van der Waals surface area contributed by atoms with E-state index < -0.39 is 6.10 Å². The standard InChI is InChI=1S/C25H50O4/c1-21(15-16-24(28)18-23(19-26)20-29-22(2)27)14-12-10-8-6-7-9-11-13-17-25(3,4)5/h21,23-24,26,28H,6-20H2,1-5H3/t21?,23?,24-/m0/s1. The number of carbonyl (C=O) groups excluding carboxylic acids is 1. The van der Waals surface area contributed by atoms with Gasteiger partial charge in [0.2, 0.25) is 0 Å². The quantitative estimate of drug-likeness (QED) is 0.205. The summed E-state index contributed by atoms with van der Waals surface area (Å²) in [6.45, 7) is 10.7. The first-order valence-electron chi connectivity index (χ1n) is 12.1. The molecule has 4 nitrogen and oxygen atoms in total. The molecule has 0 aliphatic rings. The van der Waals surface area contributed by atoms with E-state index in [1.54, 1.807) is 0 Å². The van der Waals surface area contributed by atoms with E-state index in [4.69, 9.17) is 4.74 Å². The fourth-order valence-electron chi connectivity index (χ4n) is 3.76. The minimum atomic E-state index is -0.427. The molecule has 0 aromatic rings. The summed E-state index contributed by atoms with van der Waals surface area (Å²) in [4.78, 5) is 10.9. The maximum Gasteiger partial charge on any atom is 0.302 e. The molecular formula is C25H50O4. The SMILES string of the molecule is CC(=O)OCC(CO)C[C@@H](O)CCC(C)CCCCCCCCCCC(C)(C)C. The maximum absolute atomic E-state index is 10.9. The number of carbonyl (C=O) groups is 1. The van der Waals surface area contributed by atoms with Gasteiger partial charge < -0.3 is 14.9 Å². The van der Waals surface area contributed by atoms with Crippen molar-refractivity contribution < 1.29 is 19.7 Å². The second kappa shape index (κ2) is 17.1. The van der Waals surface area contributed by atoms with E-state index in [9.17, 15) is 15.0 Å². The highest BCUT2D eigenvalue weighted by molar-refractivity contribution is 5.65. The molecule has 0 saturated carbocycles. The molecule has 29 heavy (non-hydrogen) atoms. The zero-order valence-corrected chi connectivity index (χ0v) is 20.0. The topological polar surface area (TPSA) is 66.8 Å². The lowest BCUT2D eigenvalue weighted by molar-refractivity contribution is -0.143. The molecule has 0 aromatic carbocycles. The summed E-state index contributed by atoms with van der Waals surface area (Å²) in [5.74, 6) is 0.118. The summed E-state index contributed by atoms with van der Waals surface area (Å²) in [6.07, 6.45) is 15.3. The third-order valence-electron chi connectivity index (χ3n) is 5.75. The highest BCUT2D eigenvalue weighted by Crippen LogP contribution is 2.23. The summed E-state index contributed by atoms with van der Waals surface area (Å²) in [5.41, 5.74) is 0.483. The number of esters is 1. The molecule has 0 aliphatic carbocycles. The zero-order valence-electron chi connectivity index (χ0n) is 20.0. The largest absolute Gasteiger partial charge is 0.465 e. The molecule has 0 heterocycles. The molecule has 0 saturated heterocycles. The summed E-state index contributed by atoms with van der Waals surface area (Å²) in [7, 11) is 0. The van der Waals surface area contributed by atoms with E-state index in [1.165, 1.54) is 71.1 Å². The van der Waals surface area contributed by atoms with Crippen LogP contribution in [0.25, 0.3) is 0 Å². The fraction of sp³-hybridized carbons (Fsp3) is 0.960. The van der Waals surface area contributed by atoms with Crippen molar-refractivity contribution in [2.45, 2.75) is 124 Å². The molecule has 0 radical (unpaired) electrons. The number of hydrogen-bond donors (Lipinski definition) is 2. The Hall–Kier alpha value is -0.610. The molecule has 0 amide bonds. The molecule has 0 rings (SSSR count). The van der Waals surface area contributed by atoms with Gasteiger partial charge in [0, 0.05) is 19.4 Å². The van der Waals surface area contributed by atoms with Crippen LogP contribution in [0.15, 0.2) is 0 Å². The van der Waals surface area contributed by atoms with E-state index in [1.807, 2.05) is 0 Å². The average molecular weight is 415 g/mol. The van der Waals surface area contributed by atoms with Gasteiger partial charge in [0.25, 0.3) is 0 Å². The van der Waals surface area contributed by atoms with Crippen molar-refractivity contribution in [3.8, 4) is 0 Å². The maximum atomic E-state index is 10.9. The first kappa shape index (κ1) is 28.4. The lowest BCUT2D eigenvalue weighted by atomic mass is 9.89. The van der Waals surface area contributed by atoms with Crippen LogP contribution in [0.1, 0.15) is 118 Å². The van der Waals surface area contributed by atoms with Gasteiger partial charge in [0.1, 0.15) is 0 Å². The van der Waals surface area contributed by atoms with Crippen LogP contribution in [0, 0.1) is 17.3 Å². The lowest BCUT2D eigenvalue weighted by Gasteiger charge is -2.19. The van der Waals surface area contributed by atoms with E-state index in [2.05, 4.69) is 27.7 Å². The van der Waals surface area contributed by atoms with Crippen molar-refractivity contribution in [2.75, 3.05) is 13.2 Å². The zero-order chi connectivity index (χ0) is 22.1. The van der Waals surface area contributed by atoms with Crippen molar-refractivity contribution in [3.63, 3.8) is 0 Å². The smallest absolute Gasteiger partial charge is 0.302 e. The molecule has 0 fully saturated rings. The Labute approximate surface area is 180 Å². The van der Waals surface area contributed by atoms with Gasteiger partial charge in [0.15, 0.2) is 0 Å². The molecule has 174 valence electrons. The number of hydrogen-bond acceptors (Lipinski definition) is 4. The van der Waals surface area contributed by atoms with Gasteiger partial charge in [-0.3, -0.25) is 4.79 Å². The molecule has 0 bridgehead atoms. The van der Waals surface area contributed by atoms with Crippen molar-refractivity contribution in [1.29, 1.82) is 0 Å². The summed E-state index contributed by atoms with van der Waals surface area (Å²) in [6, 6.07) is 0. The van der Waals surface area contributed by atoms with Gasteiger partial charge >= 0.3 is 5.97 Å². The molecule has 2 N–H and O–H groups in total. The molecule has 0 aliphatic heterocycles.